The van der Waals surface area contributed by atoms with Crippen LogP contribution in [0, 0.1) is 13.8 Å². The lowest BCUT2D eigenvalue weighted by atomic mass is 10.0. The average molecular weight is 420 g/mol. The van der Waals surface area contributed by atoms with Crippen molar-refractivity contribution in [1.82, 2.24) is 9.55 Å². The Morgan fingerprint density at radius 3 is 2.60 bits per heavy atom. The van der Waals surface area contributed by atoms with Crippen LogP contribution < -0.4 is 11.3 Å². The number of hydrogen-bond acceptors (Lipinski definition) is 4. The minimum atomic E-state index is -0.360. The van der Waals surface area contributed by atoms with Crippen LogP contribution >= 0.6 is 27.3 Å². The molecule has 2 N–H and O–H groups in total. The first-order valence-electron chi connectivity index (χ1n) is 7.93. The third-order valence-corrected chi connectivity index (χ3v) is 5.64. The summed E-state index contributed by atoms with van der Waals surface area (Å²) in [5.74, 6) is 0.298. The van der Waals surface area contributed by atoms with Gasteiger partial charge in [0, 0.05) is 27.9 Å². The van der Waals surface area contributed by atoms with E-state index >= 15 is 0 Å². The molecule has 0 saturated heterocycles. The van der Waals surface area contributed by atoms with Crippen molar-refractivity contribution in [2.75, 3.05) is 0 Å². The zero-order valence-corrected chi connectivity index (χ0v) is 16.4. The zero-order chi connectivity index (χ0) is 18.1. The molecule has 0 atom stereocenters. The quantitative estimate of drug-likeness (QED) is 0.683. The molecule has 5 nitrogen and oxygen atoms in total. The predicted molar refractivity (Wildman–Crippen MR) is 105 cm³/mol. The number of halogens is 1. The molecule has 2 aromatic heterocycles. The molecule has 0 radical (unpaired) electrons. The van der Waals surface area contributed by atoms with E-state index in [2.05, 4.69) is 20.9 Å². The van der Waals surface area contributed by atoms with Crippen molar-refractivity contribution in [2.45, 2.75) is 33.2 Å². The number of aryl methyl sites for hydroxylation is 2. The number of fused-ring (bicyclic) bond motifs is 1. The molecule has 0 bridgehead atoms. The molecule has 0 spiro atoms. The van der Waals surface area contributed by atoms with Gasteiger partial charge in [-0.2, -0.15) is 0 Å². The number of primary amides is 1. The zero-order valence-electron chi connectivity index (χ0n) is 14.0. The lowest BCUT2D eigenvalue weighted by molar-refractivity contribution is -0.118. The minimum Gasteiger partial charge on any atom is -0.370 e. The highest BCUT2D eigenvalue weighted by Gasteiger charge is 2.18. The average Bonchev–Trinajstić information content (AvgIpc) is 2.87. The molecular formula is C18H18BrN3O2S. The minimum absolute atomic E-state index is 0.0609. The monoisotopic (exact) mass is 419 g/mol. The number of nitrogens with two attached hydrogens (primary N) is 1. The number of thiophene rings is 1. The van der Waals surface area contributed by atoms with Gasteiger partial charge in [0.25, 0.3) is 5.56 Å². The van der Waals surface area contributed by atoms with Gasteiger partial charge in [-0.05, 0) is 38.0 Å². The number of aromatic nitrogens is 2. The van der Waals surface area contributed by atoms with Gasteiger partial charge in [0.05, 0.1) is 5.39 Å². The van der Waals surface area contributed by atoms with E-state index in [-0.39, 0.29) is 17.9 Å². The number of carbonyl (C=O) groups is 1. The second-order valence-electron chi connectivity index (χ2n) is 5.91. The fourth-order valence-electron chi connectivity index (χ4n) is 2.94. The lowest BCUT2D eigenvalue weighted by Crippen LogP contribution is -2.24. The van der Waals surface area contributed by atoms with Gasteiger partial charge in [-0.3, -0.25) is 14.2 Å². The first-order chi connectivity index (χ1) is 11.9. The Morgan fingerprint density at radius 2 is 1.96 bits per heavy atom. The van der Waals surface area contributed by atoms with E-state index in [9.17, 15) is 9.59 Å². The number of amides is 1. The molecular weight excluding hydrogens is 402 g/mol. The Balaban J connectivity index is 2.15. The molecule has 0 fully saturated rings. The molecule has 0 saturated carbocycles. The molecule has 0 aliphatic heterocycles. The van der Waals surface area contributed by atoms with Crippen molar-refractivity contribution in [3.8, 4) is 11.1 Å². The number of hydrogen-bond donors (Lipinski definition) is 1. The second-order valence-corrected chi connectivity index (χ2v) is 8.02. The molecule has 130 valence electrons. The van der Waals surface area contributed by atoms with Gasteiger partial charge in [0.2, 0.25) is 5.91 Å². The molecule has 1 aromatic carbocycles. The van der Waals surface area contributed by atoms with Crippen LogP contribution in [-0.4, -0.2) is 15.5 Å². The van der Waals surface area contributed by atoms with Crippen molar-refractivity contribution in [1.29, 1.82) is 0 Å². The summed E-state index contributed by atoms with van der Waals surface area (Å²) in [7, 11) is 0. The summed E-state index contributed by atoms with van der Waals surface area (Å²) in [6.45, 7) is 4.26. The summed E-state index contributed by atoms with van der Waals surface area (Å²) in [4.78, 5) is 30.5. The largest absolute Gasteiger partial charge is 0.370 e. The smallest absolute Gasteiger partial charge is 0.262 e. The maximum atomic E-state index is 13.1. The fourth-order valence-corrected chi connectivity index (χ4v) is 4.28. The predicted octanol–water partition coefficient (Wildman–Crippen LogP) is 3.77. The van der Waals surface area contributed by atoms with Crippen LogP contribution in [0.5, 0.6) is 0 Å². The van der Waals surface area contributed by atoms with E-state index in [1.807, 2.05) is 38.1 Å². The third-order valence-electron chi connectivity index (χ3n) is 4.12. The third kappa shape index (κ3) is 3.52. The van der Waals surface area contributed by atoms with E-state index in [0.29, 0.717) is 24.2 Å². The molecule has 7 heteroatoms. The van der Waals surface area contributed by atoms with Crippen LogP contribution in [0.15, 0.2) is 33.5 Å². The summed E-state index contributed by atoms with van der Waals surface area (Å²) in [6.07, 6.45) is 0.784. The SMILES string of the molecule is Cc1sc2nc(C)n(CCCC(N)=O)c(=O)c2c1-c1ccc(Br)cc1. The van der Waals surface area contributed by atoms with Crippen molar-refractivity contribution in [3.05, 3.63) is 49.8 Å². The normalized spacial score (nSPS) is 11.2. The van der Waals surface area contributed by atoms with Crippen molar-refractivity contribution in [3.63, 3.8) is 0 Å². The Morgan fingerprint density at radius 1 is 1.28 bits per heavy atom. The van der Waals surface area contributed by atoms with Crippen LogP contribution in [0.1, 0.15) is 23.5 Å². The standard InChI is InChI=1S/C18H18BrN3O2S/c1-10-15(12-5-7-13(19)8-6-12)16-17(25-10)21-11(2)22(18(16)24)9-3-4-14(20)23/h5-8H,3-4,9H2,1-2H3,(H2,20,23). The van der Waals surface area contributed by atoms with Gasteiger partial charge in [0.1, 0.15) is 10.7 Å². The second kappa shape index (κ2) is 7.09. The Hall–Kier alpha value is -1.99. The van der Waals surface area contributed by atoms with Gasteiger partial charge in [-0.15, -0.1) is 11.3 Å². The van der Waals surface area contributed by atoms with Gasteiger partial charge >= 0.3 is 0 Å². The van der Waals surface area contributed by atoms with Crippen molar-refractivity contribution >= 4 is 43.4 Å². The Kier molecular flexibility index (Phi) is 5.06. The van der Waals surface area contributed by atoms with Crippen molar-refractivity contribution in [2.24, 2.45) is 5.73 Å². The summed E-state index contributed by atoms with van der Waals surface area (Å²) < 4.78 is 2.63. The van der Waals surface area contributed by atoms with Crippen LogP contribution in [0.25, 0.3) is 21.3 Å². The Bertz CT molecular complexity index is 1010. The van der Waals surface area contributed by atoms with E-state index in [1.165, 1.54) is 11.3 Å². The highest BCUT2D eigenvalue weighted by atomic mass is 79.9. The summed E-state index contributed by atoms with van der Waals surface area (Å²) in [5, 5.41) is 0.648. The van der Waals surface area contributed by atoms with E-state index in [0.717, 1.165) is 25.3 Å². The highest BCUT2D eigenvalue weighted by molar-refractivity contribution is 9.10. The van der Waals surface area contributed by atoms with Gasteiger partial charge in [-0.1, -0.05) is 28.1 Å². The van der Waals surface area contributed by atoms with Gasteiger partial charge in [0.15, 0.2) is 0 Å². The molecule has 0 aliphatic rings. The molecule has 1 amide bonds. The van der Waals surface area contributed by atoms with E-state index in [4.69, 9.17) is 5.73 Å². The maximum Gasteiger partial charge on any atom is 0.262 e. The van der Waals surface area contributed by atoms with E-state index in [1.54, 1.807) is 4.57 Å². The van der Waals surface area contributed by atoms with Gasteiger partial charge in [-0.25, -0.2) is 4.98 Å². The number of benzene rings is 1. The topological polar surface area (TPSA) is 78.0 Å². The van der Waals surface area contributed by atoms with Gasteiger partial charge < -0.3 is 5.73 Å². The number of nitrogens with zero attached hydrogens (tertiary/aromatic N) is 2. The molecule has 2 heterocycles. The first-order valence-corrected chi connectivity index (χ1v) is 9.54. The number of rotatable bonds is 5. The van der Waals surface area contributed by atoms with Crippen molar-refractivity contribution < 1.29 is 4.79 Å². The van der Waals surface area contributed by atoms with Crippen LogP contribution in [-0.2, 0) is 11.3 Å². The molecule has 0 aliphatic carbocycles. The molecule has 25 heavy (non-hydrogen) atoms. The highest BCUT2D eigenvalue weighted by Crippen LogP contribution is 2.36. The summed E-state index contributed by atoms with van der Waals surface area (Å²) >= 11 is 4.97. The van der Waals surface area contributed by atoms with E-state index < -0.39 is 0 Å². The molecule has 3 aromatic rings. The Labute approximate surface area is 157 Å². The number of carbonyl (C=O) groups excluding carboxylic acids is 1. The molecule has 3 rings (SSSR count). The van der Waals surface area contributed by atoms with Crippen LogP contribution in [0.2, 0.25) is 0 Å². The maximum absolute atomic E-state index is 13.1. The molecule has 0 unspecified atom stereocenters. The van der Waals surface area contributed by atoms with Crippen LogP contribution in [0.4, 0.5) is 0 Å². The summed E-state index contributed by atoms with van der Waals surface area (Å²) in [5.41, 5.74) is 7.07. The van der Waals surface area contributed by atoms with Crippen LogP contribution in [0.3, 0.4) is 0 Å². The first kappa shape index (κ1) is 17.8. The lowest BCUT2D eigenvalue weighted by Gasteiger charge is -2.09. The summed E-state index contributed by atoms with van der Waals surface area (Å²) in [6, 6.07) is 7.92. The fraction of sp³-hybridized carbons (Fsp3) is 0.278.